The minimum Gasteiger partial charge on any atom is -0.478 e. The van der Waals surface area contributed by atoms with Crippen molar-refractivity contribution in [3.63, 3.8) is 0 Å². The first kappa shape index (κ1) is 11.1. The van der Waals surface area contributed by atoms with Crippen LogP contribution >= 0.6 is 0 Å². The number of aromatic carboxylic acids is 2. The van der Waals surface area contributed by atoms with E-state index in [1.807, 2.05) is 0 Å². The molecule has 0 unspecified atom stereocenters. The van der Waals surface area contributed by atoms with Crippen LogP contribution in [0.25, 0.3) is 10.8 Å². The lowest BCUT2D eigenvalue weighted by Crippen LogP contribution is -2.11. The van der Waals surface area contributed by atoms with Crippen molar-refractivity contribution in [3.8, 4) is 0 Å². The van der Waals surface area contributed by atoms with Crippen LogP contribution in [0.15, 0.2) is 30.3 Å². The van der Waals surface area contributed by atoms with Crippen molar-refractivity contribution in [2.75, 3.05) is 0 Å². The molecule has 0 amide bonds. The van der Waals surface area contributed by atoms with Crippen molar-refractivity contribution in [3.05, 3.63) is 47.3 Å². The third-order valence-electron chi connectivity index (χ3n) is 2.43. The number of rotatable bonds is 2. The number of hydrogen-bond donors (Lipinski definition) is 2. The second kappa shape index (κ2) is 3.86. The Morgan fingerprint density at radius 1 is 1.06 bits per heavy atom. The molecule has 0 aromatic heterocycles. The van der Waals surface area contributed by atoms with E-state index in [0.29, 0.717) is 5.39 Å². The highest BCUT2D eigenvalue weighted by Crippen LogP contribution is 2.24. The van der Waals surface area contributed by atoms with Crippen LogP contribution in [-0.2, 0) is 0 Å². The summed E-state index contributed by atoms with van der Waals surface area (Å²) in [5.41, 5.74) is -1.36. The number of halogens is 1. The monoisotopic (exact) mass is 234 g/mol. The highest BCUT2D eigenvalue weighted by molar-refractivity contribution is 6.06. The van der Waals surface area contributed by atoms with Gasteiger partial charge in [0.05, 0.1) is 5.56 Å². The van der Waals surface area contributed by atoms with Gasteiger partial charge in [0, 0.05) is 5.39 Å². The lowest BCUT2D eigenvalue weighted by molar-refractivity contribution is 0.0647. The molecule has 5 heteroatoms. The Labute approximate surface area is 94.9 Å². The van der Waals surface area contributed by atoms with Gasteiger partial charge in [-0.3, -0.25) is 0 Å². The summed E-state index contributed by atoms with van der Waals surface area (Å²) in [7, 11) is 0. The summed E-state index contributed by atoms with van der Waals surface area (Å²) < 4.78 is 13.9. The zero-order valence-electron chi connectivity index (χ0n) is 8.48. The summed E-state index contributed by atoms with van der Waals surface area (Å²) in [5, 5.41) is 18.2. The molecule has 0 saturated heterocycles. The van der Waals surface area contributed by atoms with E-state index in [9.17, 15) is 14.0 Å². The van der Waals surface area contributed by atoms with Crippen LogP contribution in [0.5, 0.6) is 0 Å². The van der Waals surface area contributed by atoms with Crippen LogP contribution in [0.1, 0.15) is 20.7 Å². The molecule has 2 rings (SSSR count). The zero-order valence-corrected chi connectivity index (χ0v) is 8.48. The predicted molar refractivity (Wildman–Crippen MR) is 57.8 cm³/mol. The average molecular weight is 234 g/mol. The molecule has 86 valence electrons. The molecule has 4 nitrogen and oxygen atoms in total. The number of carbonyl (C=O) groups is 2. The van der Waals surface area contributed by atoms with E-state index in [4.69, 9.17) is 10.2 Å². The van der Waals surface area contributed by atoms with Gasteiger partial charge in [0.15, 0.2) is 0 Å². The molecule has 0 aliphatic carbocycles. The van der Waals surface area contributed by atoms with E-state index in [-0.39, 0.29) is 5.39 Å². The molecule has 0 aliphatic heterocycles. The number of carboxylic acid groups (broad SMARTS) is 2. The summed E-state index contributed by atoms with van der Waals surface area (Å²) in [6.07, 6.45) is 0. The highest BCUT2D eigenvalue weighted by Gasteiger charge is 2.22. The van der Waals surface area contributed by atoms with Gasteiger partial charge >= 0.3 is 11.9 Å². The molecule has 0 atom stereocenters. The maximum absolute atomic E-state index is 13.9. The van der Waals surface area contributed by atoms with Crippen LogP contribution in [0.4, 0.5) is 4.39 Å². The Balaban J connectivity index is 2.94. The second-order valence-electron chi connectivity index (χ2n) is 3.44. The lowest BCUT2D eigenvalue weighted by Gasteiger charge is -2.06. The standard InChI is InChI=1S/C12H7FO4/c13-10-7-4-2-1-3-6(7)5-8(11(14)15)9(10)12(16)17/h1-5H,(H,14,15)(H,16,17). The Morgan fingerprint density at radius 2 is 1.71 bits per heavy atom. The fraction of sp³-hybridized carbons (Fsp3) is 0. The van der Waals surface area contributed by atoms with Crippen LogP contribution in [0.3, 0.4) is 0 Å². The minimum atomic E-state index is -1.59. The van der Waals surface area contributed by atoms with Gasteiger partial charge < -0.3 is 10.2 Å². The van der Waals surface area contributed by atoms with E-state index in [1.165, 1.54) is 12.1 Å². The van der Waals surface area contributed by atoms with Crippen LogP contribution in [0, 0.1) is 5.82 Å². The largest absolute Gasteiger partial charge is 0.478 e. The van der Waals surface area contributed by atoms with Crippen LogP contribution in [0.2, 0.25) is 0 Å². The SMILES string of the molecule is O=C(O)c1cc2ccccc2c(F)c1C(=O)O. The molecule has 0 bridgehead atoms. The molecule has 0 spiro atoms. The molecule has 2 aromatic carbocycles. The van der Waals surface area contributed by atoms with Crippen LogP contribution in [-0.4, -0.2) is 22.2 Å². The molecule has 2 aromatic rings. The maximum Gasteiger partial charge on any atom is 0.339 e. The predicted octanol–water partition coefficient (Wildman–Crippen LogP) is 2.38. The van der Waals surface area contributed by atoms with Gasteiger partial charge in [0.2, 0.25) is 0 Å². The van der Waals surface area contributed by atoms with E-state index in [1.54, 1.807) is 12.1 Å². The number of benzene rings is 2. The van der Waals surface area contributed by atoms with Crippen molar-refractivity contribution in [1.82, 2.24) is 0 Å². The summed E-state index contributed by atoms with van der Waals surface area (Å²) in [6, 6.07) is 7.26. The Morgan fingerprint density at radius 3 is 2.29 bits per heavy atom. The molecule has 0 radical (unpaired) electrons. The number of carboxylic acids is 2. The van der Waals surface area contributed by atoms with E-state index in [2.05, 4.69) is 0 Å². The van der Waals surface area contributed by atoms with E-state index in [0.717, 1.165) is 6.07 Å². The fourth-order valence-electron chi connectivity index (χ4n) is 1.68. The van der Waals surface area contributed by atoms with E-state index < -0.39 is 28.9 Å². The average Bonchev–Trinajstić information content (AvgIpc) is 2.28. The Kier molecular flexibility index (Phi) is 2.51. The summed E-state index contributed by atoms with van der Waals surface area (Å²) >= 11 is 0. The summed E-state index contributed by atoms with van der Waals surface area (Å²) in [6.45, 7) is 0. The molecular formula is C12H7FO4. The molecular weight excluding hydrogens is 227 g/mol. The summed E-state index contributed by atoms with van der Waals surface area (Å²) in [5.74, 6) is -4.08. The van der Waals surface area contributed by atoms with Crippen molar-refractivity contribution in [2.45, 2.75) is 0 Å². The third kappa shape index (κ3) is 1.71. The lowest BCUT2D eigenvalue weighted by atomic mass is 10.00. The normalized spacial score (nSPS) is 10.4. The fourth-order valence-corrected chi connectivity index (χ4v) is 1.68. The van der Waals surface area contributed by atoms with Crippen molar-refractivity contribution < 1.29 is 24.2 Å². The molecule has 0 heterocycles. The van der Waals surface area contributed by atoms with Crippen molar-refractivity contribution in [1.29, 1.82) is 0 Å². The summed E-state index contributed by atoms with van der Waals surface area (Å²) in [4.78, 5) is 21.8. The van der Waals surface area contributed by atoms with Gasteiger partial charge in [-0.05, 0) is 11.5 Å². The van der Waals surface area contributed by atoms with Crippen LogP contribution < -0.4 is 0 Å². The van der Waals surface area contributed by atoms with Gasteiger partial charge in [-0.15, -0.1) is 0 Å². The van der Waals surface area contributed by atoms with Gasteiger partial charge in [0.25, 0.3) is 0 Å². The smallest absolute Gasteiger partial charge is 0.339 e. The van der Waals surface area contributed by atoms with Gasteiger partial charge in [-0.25, -0.2) is 14.0 Å². The quantitative estimate of drug-likeness (QED) is 0.836. The third-order valence-corrected chi connectivity index (χ3v) is 2.43. The molecule has 0 fully saturated rings. The minimum absolute atomic E-state index is 0.0925. The first-order chi connectivity index (χ1) is 8.02. The number of hydrogen-bond acceptors (Lipinski definition) is 2. The van der Waals surface area contributed by atoms with Gasteiger partial charge in [-0.1, -0.05) is 24.3 Å². The first-order valence-corrected chi connectivity index (χ1v) is 4.70. The number of fused-ring (bicyclic) bond motifs is 1. The Hall–Kier alpha value is -2.43. The van der Waals surface area contributed by atoms with Crippen molar-refractivity contribution >= 4 is 22.7 Å². The molecule has 0 saturated carbocycles. The van der Waals surface area contributed by atoms with Gasteiger partial charge in [0.1, 0.15) is 11.4 Å². The highest BCUT2D eigenvalue weighted by atomic mass is 19.1. The second-order valence-corrected chi connectivity index (χ2v) is 3.44. The van der Waals surface area contributed by atoms with Crippen molar-refractivity contribution in [2.24, 2.45) is 0 Å². The molecule has 2 N–H and O–H groups in total. The Bertz CT molecular complexity index is 634. The molecule has 0 aliphatic rings. The maximum atomic E-state index is 13.9. The molecule has 17 heavy (non-hydrogen) atoms. The topological polar surface area (TPSA) is 74.6 Å². The zero-order chi connectivity index (χ0) is 12.6. The van der Waals surface area contributed by atoms with E-state index >= 15 is 0 Å². The van der Waals surface area contributed by atoms with Gasteiger partial charge in [-0.2, -0.15) is 0 Å². The first-order valence-electron chi connectivity index (χ1n) is 4.70.